The van der Waals surface area contributed by atoms with Crippen molar-refractivity contribution >= 4 is 13.6 Å². The molecule has 2 rings (SSSR count). The summed E-state index contributed by atoms with van der Waals surface area (Å²) in [6.45, 7) is 4.74. The Bertz CT molecular complexity index is 667. The molecule has 1 aliphatic rings. The van der Waals surface area contributed by atoms with E-state index >= 15 is 0 Å². The summed E-state index contributed by atoms with van der Waals surface area (Å²) in [4.78, 5) is 29.4. The molecule has 1 aliphatic heterocycles. The summed E-state index contributed by atoms with van der Waals surface area (Å²) in [6, 6.07) is 0. The molecule has 0 bridgehead atoms. The van der Waals surface area contributed by atoms with Crippen molar-refractivity contribution in [1.82, 2.24) is 5.32 Å². The van der Waals surface area contributed by atoms with Crippen molar-refractivity contribution in [2.75, 3.05) is 19.3 Å². The van der Waals surface area contributed by atoms with Gasteiger partial charge in [-0.15, -0.1) is 0 Å². The maximum atomic E-state index is 11.8. The second-order valence-corrected chi connectivity index (χ2v) is 7.38. The molecule has 0 saturated heterocycles. The van der Waals surface area contributed by atoms with E-state index in [1.807, 2.05) is 13.8 Å². The molecule has 1 aromatic carbocycles. The van der Waals surface area contributed by atoms with Crippen LogP contribution in [-0.2, 0) is 28.8 Å². The molecule has 0 saturated carbocycles. The van der Waals surface area contributed by atoms with Gasteiger partial charge < -0.3 is 24.9 Å². The first kappa shape index (κ1) is 17.9. The number of aromatic hydroxyl groups is 1. The van der Waals surface area contributed by atoms with Crippen molar-refractivity contribution in [3.8, 4) is 5.75 Å². The zero-order valence-corrected chi connectivity index (χ0v) is 14.2. The van der Waals surface area contributed by atoms with Gasteiger partial charge in [0.05, 0.1) is 6.16 Å². The molecule has 0 fully saturated rings. The van der Waals surface area contributed by atoms with Crippen LogP contribution in [0.15, 0.2) is 0 Å². The highest BCUT2D eigenvalue weighted by Crippen LogP contribution is 2.38. The molecule has 0 amide bonds. The third-order valence-electron chi connectivity index (χ3n) is 4.13. The number of cyclic esters (lactones) is 1. The zero-order chi connectivity index (χ0) is 17.2. The van der Waals surface area contributed by atoms with E-state index in [9.17, 15) is 14.5 Å². The highest BCUT2D eigenvalue weighted by Gasteiger charge is 2.30. The van der Waals surface area contributed by atoms with Crippen LogP contribution in [0.3, 0.4) is 0 Å². The molecule has 0 spiro atoms. The molecule has 0 unspecified atom stereocenters. The normalized spacial score (nSPS) is 14.0. The van der Waals surface area contributed by atoms with E-state index in [4.69, 9.17) is 14.5 Å². The Labute approximate surface area is 134 Å². The lowest BCUT2D eigenvalue weighted by atomic mass is 9.89. The number of hydrogen-bond acceptors (Lipinski definition) is 5. The van der Waals surface area contributed by atoms with Crippen molar-refractivity contribution in [1.29, 1.82) is 0 Å². The Hall–Kier alpha value is -1.40. The molecule has 23 heavy (non-hydrogen) atoms. The van der Waals surface area contributed by atoms with Gasteiger partial charge in [0.15, 0.2) is 0 Å². The number of fused-ring (bicyclic) bond motifs is 1. The fourth-order valence-corrected chi connectivity index (χ4v) is 3.40. The third-order valence-corrected chi connectivity index (χ3v) is 4.94. The Morgan fingerprint density at radius 3 is 2.57 bits per heavy atom. The first-order valence-corrected chi connectivity index (χ1v) is 9.34. The van der Waals surface area contributed by atoms with Crippen molar-refractivity contribution < 1.29 is 29.0 Å². The van der Waals surface area contributed by atoms with Crippen LogP contribution < -0.4 is 5.32 Å². The van der Waals surface area contributed by atoms with Crippen molar-refractivity contribution in [3.05, 3.63) is 27.8 Å². The summed E-state index contributed by atoms with van der Waals surface area (Å²) < 4.78 is 15.8. The first-order valence-electron chi connectivity index (χ1n) is 7.54. The van der Waals surface area contributed by atoms with Crippen molar-refractivity contribution in [3.63, 3.8) is 0 Å². The van der Waals surface area contributed by atoms with Gasteiger partial charge in [-0.05, 0) is 43.0 Å². The standard InChI is InChI=1S/C15H22NO6P/c1-3-10-9(2)12-8-22-15(18)13(12)14(17)11(10)4-5-16-6-7-23(19,20)21/h16-17H,3-8H2,1-2H3,(H2,19,20,21). The average Bonchev–Trinajstić information content (AvgIpc) is 2.85. The largest absolute Gasteiger partial charge is 0.507 e. The monoisotopic (exact) mass is 343 g/mol. The number of hydrogen-bond donors (Lipinski definition) is 4. The molecule has 7 nitrogen and oxygen atoms in total. The Kier molecular flexibility index (Phi) is 5.47. The number of ether oxygens (including phenoxy) is 1. The van der Waals surface area contributed by atoms with Crippen molar-refractivity contribution in [2.24, 2.45) is 0 Å². The smallest absolute Gasteiger partial charge is 0.342 e. The van der Waals surface area contributed by atoms with Crippen LogP contribution in [0.25, 0.3) is 0 Å². The van der Waals surface area contributed by atoms with E-state index in [0.717, 1.165) is 23.1 Å². The Morgan fingerprint density at radius 2 is 1.96 bits per heavy atom. The zero-order valence-electron chi connectivity index (χ0n) is 13.3. The van der Waals surface area contributed by atoms with Gasteiger partial charge in [0.1, 0.15) is 17.9 Å². The number of nitrogens with one attached hydrogen (secondary N) is 1. The van der Waals surface area contributed by atoms with E-state index in [1.165, 1.54) is 0 Å². The van der Waals surface area contributed by atoms with Gasteiger partial charge in [-0.2, -0.15) is 0 Å². The lowest BCUT2D eigenvalue weighted by Gasteiger charge is -2.17. The molecule has 1 aromatic rings. The van der Waals surface area contributed by atoms with E-state index in [0.29, 0.717) is 18.5 Å². The molecular weight excluding hydrogens is 321 g/mol. The summed E-state index contributed by atoms with van der Waals surface area (Å²) in [5, 5.41) is 13.4. The van der Waals surface area contributed by atoms with E-state index in [1.54, 1.807) is 0 Å². The number of carbonyl (C=O) groups excluding carboxylic acids is 1. The molecule has 0 atom stereocenters. The van der Waals surface area contributed by atoms with Crippen LogP contribution in [-0.4, -0.2) is 40.1 Å². The van der Waals surface area contributed by atoms with Gasteiger partial charge in [0, 0.05) is 12.1 Å². The van der Waals surface area contributed by atoms with Crippen LogP contribution in [0.5, 0.6) is 5.75 Å². The number of phenols is 1. The predicted molar refractivity (Wildman–Crippen MR) is 84.8 cm³/mol. The van der Waals surface area contributed by atoms with Crippen LogP contribution >= 0.6 is 7.60 Å². The number of benzene rings is 1. The van der Waals surface area contributed by atoms with Crippen LogP contribution in [0.2, 0.25) is 0 Å². The summed E-state index contributed by atoms with van der Waals surface area (Å²) in [6.07, 6.45) is 0.964. The molecule has 0 aliphatic carbocycles. The number of esters is 1. The lowest BCUT2D eigenvalue weighted by molar-refractivity contribution is 0.0533. The highest BCUT2D eigenvalue weighted by atomic mass is 31.2. The Balaban J connectivity index is 2.15. The SMILES string of the molecule is CCc1c(C)c2c(c(O)c1CCNCCP(=O)(O)O)C(=O)OC2. The molecular formula is C15H22NO6P. The van der Waals surface area contributed by atoms with E-state index in [-0.39, 0.29) is 30.6 Å². The second-order valence-electron chi connectivity index (χ2n) is 5.60. The minimum atomic E-state index is -4.00. The molecule has 0 radical (unpaired) electrons. The summed E-state index contributed by atoms with van der Waals surface area (Å²) >= 11 is 0. The summed E-state index contributed by atoms with van der Waals surface area (Å²) in [5.74, 6) is -0.527. The first-order chi connectivity index (χ1) is 10.8. The number of phenolic OH excluding ortho intramolecular Hbond substituents is 1. The third kappa shape index (κ3) is 3.93. The van der Waals surface area contributed by atoms with Gasteiger partial charge in [-0.25, -0.2) is 4.79 Å². The number of rotatable bonds is 7. The van der Waals surface area contributed by atoms with E-state index in [2.05, 4.69) is 5.32 Å². The van der Waals surface area contributed by atoms with Crippen LogP contribution in [0, 0.1) is 6.92 Å². The quantitative estimate of drug-likeness (QED) is 0.334. The highest BCUT2D eigenvalue weighted by molar-refractivity contribution is 7.51. The maximum absolute atomic E-state index is 11.8. The fraction of sp³-hybridized carbons (Fsp3) is 0.533. The molecule has 4 N–H and O–H groups in total. The van der Waals surface area contributed by atoms with E-state index < -0.39 is 13.6 Å². The van der Waals surface area contributed by atoms with Gasteiger partial charge in [0.2, 0.25) is 0 Å². The molecule has 128 valence electrons. The average molecular weight is 343 g/mol. The summed E-state index contributed by atoms with van der Waals surface area (Å²) in [7, 11) is -4.00. The minimum Gasteiger partial charge on any atom is -0.507 e. The predicted octanol–water partition coefficient (Wildman–Crippen LogP) is 1.24. The van der Waals surface area contributed by atoms with Gasteiger partial charge in [-0.3, -0.25) is 4.57 Å². The van der Waals surface area contributed by atoms with Crippen LogP contribution in [0.1, 0.15) is 39.5 Å². The van der Waals surface area contributed by atoms with Gasteiger partial charge in [-0.1, -0.05) is 6.92 Å². The Morgan fingerprint density at radius 1 is 1.26 bits per heavy atom. The van der Waals surface area contributed by atoms with Gasteiger partial charge >= 0.3 is 13.6 Å². The maximum Gasteiger partial charge on any atom is 0.342 e. The minimum absolute atomic E-state index is 0.0262. The van der Waals surface area contributed by atoms with Crippen LogP contribution in [0.4, 0.5) is 0 Å². The second kappa shape index (κ2) is 7.01. The number of carbonyl (C=O) groups is 1. The topological polar surface area (TPSA) is 116 Å². The summed E-state index contributed by atoms with van der Waals surface area (Å²) in [5.41, 5.74) is 3.67. The molecule has 1 heterocycles. The fourth-order valence-electron chi connectivity index (χ4n) is 2.95. The molecule has 8 heteroatoms. The lowest BCUT2D eigenvalue weighted by Crippen LogP contribution is -2.22. The molecule has 0 aromatic heterocycles. The van der Waals surface area contributed by atoms with Gasteiger partial charge in [0.25, 0.3) is 0 Å². The van der Waals surface area contributed by atoms with Crippen molar-refractivity contribution in [2.45, 2.75) is 33.3 Å².